The van der Waals surface area contributed by atoms with Crippen molar-refractivity contribution in [2.75, 3.05) is 6.26 Å². The highest BCUT2D eigenvalue weighted by molar-refractivity contribution is 7.91. The van der Waals surface area contributed by atoms with Crippen molar-refractivity contribution in [2.45, 2.75) is 38.1 Å². The number of aromatic nitrogens is 3. The molecule has 0 saturated heterocycles. The first-order valence-electron chi connectivity index (χ1n) is 8.09. The summed E-state index contributed by atoms with van der Waals surface area (Å²) in [4.78, 5) is 13.1. The molecule has 0 aliphatic heterocycles. The van der Waals surface area contributed by atoms with Crippen LogP contribution < -0.4 is 5.56 Å². The number of nitrogens with zero attached hydrogens (tertiary/aromatic N) is 3. The zero-order chi connectivity index (χ0) is 18.4. The number of hydrogen-bond donors (Lipinski definition) is 1. The highest BCUT2D eigenvalue weighted by Gasteiger charge is 2.14. The van der Waals surface area contributed by atoms with Gasteiger partial charge in [0.1, 0.15) is 5.65 Å². The van der Waals surface area contributed by atoms with E-state index in [1.165, 1.54) is 10.8 Å². The Balaban J connectivity index is 2.09. The van der Waals surface area contributed by atoms with Gasteiger partial charge in [-0.2, -0.15) is 9.61 Å². The molecular weight excluding hydrogens is 336 g/mol. The predicted octanol–water partition coefficient (Wildman–Crippen LogP) is 3.01. The van der Waals surface area contributed by atoms with Crippen LogP contribution in [-0.2, 0) is 16.3 Å². The van der Waals surface area contributed by atoms with Crippen molar-refractivity contribution in [3.8, 4) is 0 Å². The molecule has 7 heteroatoms. The molecule has 1 aromatic carbocycles. The van der Waals surface area contributed by atoms with Crippen molar-refractivity contribution < 1.29 is 4.21 Å². The van der Waals surface area contributed by atoms with Crippen molar-refractivity contribution in [3.05, 3.63) is 63.7 Å². The Morgan fingerprint density at radius 2 is 1.88 bits per heavy atom. The average molecular weight is 358 g/mol. The van der Waals surface area contributed by atoms with Gasteiger partial charge >= 0.3 is 0 Å². The van der Waals surface area contributed by atoms with E-state index in [9.17, 15) is 9.00 Å². The molecule has 1 atom stereocenters. The summed E-state index contributed by atoms with van der Waals surface area (Å²) in [5.74, 6) is 0.100. The monoisotopic (exact) mass is 358 g/mol. The molecule has 0 amide bonds. The van der Waals surface area contributed by atoms with Crippen LogP contribution in [0, 0.1) is 11.7 Å². The van der Waals surface area contributed by atoms with Gasteiger partial charge in [-0.25, -0.2) is 8.99 Å². The molecule has 3 rings (SSSR count). The maximum atomic E-state index is 12.6. The van der Waals surface area contributed by atoms with E-state index in [1.807, 2.05) is 49.7 Å². The molecule has 0 aliphatic rings. The molecule has 3 aromatic rings. The van der Waals surface area contributed by atoms with Gasteiger partial charge < -0.3 is 4.57 Å². The molecule has 2 aromatic heterocycles. The van der Waals surface area contributed by atoms with E-state index >= 15 is 0 Å². The third-order valence-electron chi connectivity index (χ3n) is 4.19. The first-order chi connectivity index (χ1) is 11.7. The summed E-state index contributed by atoms with van der Waals surface area (Å²) in [6.45, 7) is 6.42. The first kappa shape index (κ1) is 17.4. The van der Waals surface area contributed by atoms with Gasteiger partial charge in [-0.05, 0) is 30.5 Å². The van der Waals surface area contributed by atoms with Crippen LogP contribution in [0.3, 0.4) is 0 Å². The lowest BCUT2D eigenvalue weighted by Gasteiger charge is -2.13. The minimum atomic E-state index is -2.71. The normalized spacial score (nSPS) is 14.1. The van der Waals surface area contributed by atoms with E-state index in [-0.39, 0.29) is 11.5 Å². The van der Waals surface area contributed by atoms with Crippen LogP contribution >= 0.6 is 0 Å². The smallest absolute Gasteiger partial charge is 0.277 e. The fraction of sp³-hybridized carbons (Fsp3) is 0.333. The number of nitrogens with one attached hydrogen (secondary N) is 1. The molecule has 132 valence electrons. The quantitative estimate of drug-likeness (QED) is 0.778. The third-order valence-corrected chi connectivity index (χ3v) is 5.36. The second-order valence-electron chi connectivity index (χ2n) is 6.72. The summed E-state index contributed by atoms with van der Waals surface area (Å²) in [5, 5.41) is 4.32. The summed E-state index contributed by atoms with van der Waals surface area (Å²) in [6.07, 6.45) is 3.31. The number of aryl methyl sites for hydroxylation is 1. The highest BCUT2D eigenvalue weighted by Crippen LogP contribution is 2.16. The second-order valence-corrected chi connectivity index (χ2v) is 8.87. The van der Waals surface area contributed by atoms with Crippen molar-refractivity contribution in [1.29, 1.82) is 4.78 Å². The lowest BCUT2D eigenvalue weighted by molar-refractivity contribution is 0.678. The van der Waals surface area contributed by atoms with Gasteiger partial charge in [0.2, 0.25) is 0 Å². The summed E-state index contributed by atoms with van der Waals surface area (Å²) in [6, 6.07) is 9.10. The van der Waals surface area contributed by atoms with Crippen LogP contribution in [0.5, 0.6) is 0 Å². The average Bonchev–Trinajstić information content (AvgIpc) is 2.92. The lowest BCUT2D eigenvalue weighted by Crippen LogP contribution is -2.24. The van der Waals surface area contributed by atoms with Gasteiger partial charge in [-0.1, -0.05) is 26.0 Å². The van der Waals surface area contributed by atoms with E-state index in [0.29, 0.717) is 11.4 Å². The molecule has 0 bridgehead atoms. The Morgan fingerprint density at radius 3 is 2.44 bits per heavy atom. The van der Waals surface area contributed by atoms with E-state index in [1.54, 1.807) is 12.1 Å². The van der Waals surface area contributed by atoms with Crippen molar-refractivity contribution >= 4 is 15.4 Å². The number of benzene rings is 1. The van der Waals surface area contributed by atoms with Crippen molar-refractivity contribution in [2.24, 2.45) is 0 Å². The van der Waals surface area contributed by atoms with Crippen LogP contribution in [0.25, 0.3) is 5.65 Å². The van der Waals surface area contributed by atoms with Crippen molar-refractivity contribution in [1.82, 2.24) is 14.2 Å². The summed E-state index contributed by atoms with van der Waals surface area (Å²) < 4.78 is 22.9. The Morgan fingerprint density at radius 1 is 1.24 bits per heavy atom. The molecule has 0 radical (unpaired) electrons. The fourth-order valence-corrected chi connectivity index (χ4v) is 3.48. The van der Waals surface area contributed by atoms with E-state index in [4.69, 9.17) is 4.78 Å². The second kappa shape index (κ2) is 6.15. The molecule has 2 heterocycles. The Labute approximate surface area is 147 Å². The molecule has 0 aliphatic carbocycles. The van der Waals surface area contributed by atoms with Gasteiger partial charge in [-0.15, -0.1) is 0 Å². The molecule has 6 nitrogen and oxygen atoms in total. The summed E-state index contributed by atoms with van der Waals surface area (Å²) >= 11 is 0. The lowest BCUT2D eigenvalue weighted by atomic mass is 10.1. The van der Waals surface area contributed by atoms with Crippen LogP contribution in [0.2, 0.25) is 0 Å². The first-order valence-corrected chi connectivity index (χ1v) is 10.1. The number of hydrogen-bond acceptors (Lipinski definition) is 4. The van der Waals surface area contributed by atoms with Gasteiger partial charge in [0.15, 0.2) is 0 Å². The molecule has 0 spiro atoms. The highest BCUT2D eigenvalue weighted by atomic mass is 32.2. The van der Waals surface area contributed by atoms with Gasteiger partial charge in [0.25, 0.3) is 5.56 Å². The molecule has 1 N–H and O–H groups in total. The molecule has 0 saturated carbocycles. The topological polar surface area (TPSA) is 80.2 Å². The zero-order valence-electron chi connectivity index (χ0n) is 14.8. The van der Waals surface area contributed by atoms with E-state index < -0.39 is 9.73 Å². The maximum Gasteiger partial charge on any atom is 0.277 e. The summed E-state index contributed by atoms with van der Waals surface area (Å²) in [7, 11) is -2.71. The van der Waals surface area contributed by atoms with E-state index in [2.05, 4.69) is 5.10 Å². The molecule has 1 unspecified atom stereocenters. The largest absolute Gasteiger partial charge is 0.328 e. The number of rotatable bonds is 4. The fourth-order valence-electron chi connectivity index (χ4n) is 2.83. The van der Waals surface area contributed by atoms with Gasteiger partial charge in [-0.3, -0.25) is 4.79 Å². The Bertz CT molecular complexity index is 1090. The van der Waals surface area contributed by atoms with Crippen molar-refractivity contribution in [3.63, 3.8) is 0 Å². The standard InChI is InChI=1S/C18H22N4O2S/c1-12(2)16-11-21(17-9-13(3)20-22(17)18(16)23)10-14-5-7-15(8-6-14)25(4,19)24/h5-9,11-12,19H,10H2,1-4H3. The van der Waals surface area contributed by atoms with Crippen LogP contribution in [0.4, 0.5) is 0 Å². The molecule has 0 fully saturated rings. The van der Waals surface area contributed by atoms with Gasteiger partial charge in [0, 0.05) is 35.5 Å². The van der Waals surface area contributed by atoms with E-state index in [0.717, 1.165) is 22.5 Å². The van der Waals surface area contributed by atoms with Crippen LogP contribution in [0.1, 0.15) is 36.6 Å². The maximum absolute atomic E-state index is 12.6. The SMILES string of the molecule is Cc1cc2n(Cc3ccc(S(C)(=N)=O)cc3)cc(C(C)C)c(=O)n2n1. The minimum absolute atomic E-state index is 0.0791. The number of fused-ring (bicyclic) bond motifs is 1. The molecule has 25 heavy (non-hydrogen) atoms. The molecular formula is C18H22N4O2S. The Hall–Kier alpha value is -2.41. The third kappa shape index (κ3) is 3.37. The Kier molecular flexibility index (Phi) is 4.28. The van der Waals surface area contributed by atoms with Crippen LogP contribution in [-0.4, -0.2) is 24.6 Å². The van der Waals surface area contributed by atoms with Gasteiger partial charge in [0.05, 0.1) is 15.4 Å². The summed E-state index contributed by atoms with van der Waals surface area (Å²) in [5.41, 5.74) is 3.18. The zero-order valence-corrected chi connectivity index (χ0v) is 15.6. The van der Waals surface area contributed by atoms with Crippen LogP contribution in [0.15, 0.2) is 46.2 Å². The predicted molar refractivity (Wildman–Crippen MR) is 98.9 cm³/mol. The minimum Gasteiger partial charge on any atom is -0.328 e.